The number of aliphatic hydroxyl groups is 1. The fourth-order valence-electron chi connectivity index (χ4n) is 1.46. The lowest BCUT2D eigenvalue weighted by Gasteiger charge is -2.25. The summed E-state index contributed by atoms with van der Waals surface area (Å²) in [5.74, 6) is 0.627. The SMILES string of the molecule is CCCC(C)CC(C)(N)CO. The van der Waals surface area contributed by atoms with Crippen molar-refractivity contribution in [2.75, 3.05) is 6.61 Å². The Morgan fingerprint density at radius 3 is 2.45 bits per heavy atom. The second kappa shape index (κ2) is 4.73. The van der Waals surface area contributed by atoms with Gasteiger partial charge in [0.2, 0.25) is 0 Å². The molecule has 0 heterocycles. The number of hydrogen-bond donors (Lipinski definition) is 2. The van der Waals surface area contributed by atoms with Crippen molar-refractivity contribution in [2.45, 2.75) is 45.6 Å². The fraction of sp³-hybridized carbons (Fsp3) is 1.00. The van der Waals surface area contributed by atoms with Crippen molar-refractivity contribution in [1.29, 1.82) is 0 Å². The van der Waals surface area contributed by atoms with Crippen LogP contribution in [0.4, 0.5) is 0 Å². The van der Waals surface area contributed by atoms with Gasteiger partial charge < -0.3 is 10.8 Å². The first-order valence-corrected chi connectivity index (χ1v) is 4.41. The molecule has 0 fully saturated rings. The molecule has 0 radical (unpaired) electrons. The first-order chi connectivity index (χ1) is 5.02. The van der Waals surface area contributed by atoms with Crippen LogP contribution in [0.2, 0.25) is 0 Å². The molecule has 0 rings (SSSR count). The van der Waals surface area contributed by atoms with Crippen molar-refractivity contribution in [3.63, 3.8) is 0 Å². The van der Waals surface area contributed by atoms with Gasteiger partial charge in [0.05, 0.1) is 6.61 Å². The molecule has 0 saturated heterocycles. The van der Waals surface area contributed by atoms with E-state index in [9.17, 15) is 0 Å². The van der Waals surface area contributed by atoms with Crippen LogP contribution in [0.5, 0.6) is 0 Å². The van der Waals surface area contributed by atoms with Crippen LogP contribution in [0.3, 0.4) is 0 Å². The van der Waals surface area contributed by atoms with Crippen LogP contribution in [0.15, 0.2) is 0 Å². The van der Waals surface area contributed by atoms with Gasteiger partial charge in [0.15, 0.2) is 0 Å². The molecule has 0 amide bonds. The van der Waals surface area contributed by atoms with E-state index in [-0.39, 0.29) is 12.1 Å². The molecule has 2 atom stereocenters. The minimum atomic E-state index is -0.380. The first-order valence-electron chi connectivity index (χ1n) is 4.41. The summed E-state index contributed by atoms with van der Waals surface area (Å²) in [6.07, 6.45) is 3.31. The van der Waals surface area contributed by atoms with Crippen molar-refractivity contribution in [2.24, 2.45) is 11.7 Å². The molecule has 0 aliphatic carbocycles. The Labute approximate surface area is 69.8 Å². The molecular formula is C9H21NO. The van der Waals surface area contributed by atoms with Crippen LogP contribution >= 0.6 is 0 Å². The van der Waals surface area contributed by atoms with Crippen LogP contribution in [-0.2, 0) is 0 Å². The monoisotopic (exact) mass is 159 g/mol. The second-order valence-electron chi connectivity index (χ2n) is 3.91. The molecule has 3 N–H and O–H groups in total. The maximum Gasteiger partial charge on any atom is 0.0608 e. The van der Waals surface area contributed by atoms with E-state index in [1.807, 2.05) is 6.92 Å². The fourth-order valence-corrected chi connectivity index (χ4v) is 1.46. The Hall–Kier alpha value is -0.0800. The zero-order valence-corrected chi connectivity index (χ0v) is 7.93. The van der Waals surface area contributed by atoms with Crippen LogP contribution in [0.1, 0.15) is 40.0 Å². The molecule has 0 aromatic carbocycles. The van der Waals surface area contributed by atoms with Crippen molar-refractivity contribution >= 4 is 0 Å². The average Bonchev–Trinajstić information content (AvgIpc) is 1.87. The second-order valence-corrected chi connectivity index (χ2v) is 3.91. The topological polar surface area (TPSA) is 46.2 Å². The maximum atomic E-state index is 8.89. The van der Waals surface area contributed by atoms with Crippen LogP contribution in [-0.4, -0.2) is 17.3 Å². The molecule has 0 saturated carbocycles. The molecule has 0 aliphatic heterocycles. The highest BCUT2D eigenvalue weighted by atomic mass is 16.3. The molecule has 0 bridgehead atoms. The van der Waals surface area contributed by atoms with Gasteiger partial charge in [-0.15, -0.1) is 0 Å². The zero-order chi connectivity index (χ0) is 8.91. The van der Waals surface area contributed by atoms with Gasteiger partial charge in [0.25, 0.3) is 0 Å². The van der Waals surface area contributed by atoms with Gasteiger partial charge in [-0.1, -0.05) is 26.7 Å². The van der Waals surface area contributed by atoms with E-state index >= 15 is 0 Å². The lowest BCUT2D eigenvalue weighted by molar-refractivity contribution is 0.182. The third-order valence-electron chi connectivity index (χ3n) is 1.96. The summed E-state index contributed by atoms with van der Waals surface area (Å²) < 4.78 is 0. The zero-order valence-electron chi connectivity index (χ0n) is 7.93. The van der Waals surface area contributed by atoms with Gasteiger partial charge in [-0.3, -0.25) is 0 Å². The average molecular weight is 159 g/mol. The normalized spacial score (nSPS) is 19.4. The molecule has 2 nitrogen and oxygen atoms in total. The summed E-state index contributed by atoms with van der Waals surface area (Å²) in [4.78, 5) is 0. The molecule has 0 aromatic rings. The summed E-state index contributed by atoms with van der Waals surface area (Å²) in [5, 5.41) is 8.89. The van der Waals surface area contributed by atoms with E-state index in [1.54, 1.807) is 0 Å². The van der Waals surface area contributed by atoms with Crippen LogP contribution in [0, 0.1) is 5.92 Å². The van der Waals surface area contributed by atoms with Gasteiger partial charge >= 0.3 is 0 Å². The number of nitrogens with two attached hydrogens (primary N) is 1. The van der Waals surface area contributed by atoms with E-state index in [1.165, 1.54) is 12.8 Å². The third kappa shape index (κ3) is 5.22. The number of rotatable bonds is 5. The summed E-state index contributed by atoms with van der Waals surface area (Å²) in [6.45, 7) is 6.34. The van der Waals surface area contributed by atoms with Gasteiger partial charge in [0.1, 0.15) is 0 Å². The molecule has 68 valence electrons. The highest BCUT2D eigenvalue weighted by molar-refractivity contribution is 4.79. The molecular weight excluding hydrogens is 138 g/mol. The quantitative estimate of drug-likeness (QED) is 0.639. The minimum absolute atomic E-state index is 0.0844. The molecule has 2 heteroatoms. The van der Waals surface area contributed by atoms with E-state index in [4.69, 9.17) is 10.8 Å². The Morgan fingerprint density at radius 2 is 2.09 bits per heavy atom. The van der Waals surface area contributed by atoms with E-state index in [2.05, 4.69) is 13.8 Å². The number of hydrogen-bond acceptors (Lipinski definition) is 2. The smallest absolute Gasteiger partial charge is 0.0608 e. The Bertz CT molecular complexity index is 102. The lowest BCUT2D eigenvalue weighted by Crippen LogP contribution is -2.41. The Kier molecular flexibility index (Phi) is 4.69. The van der Waals surface area contributed by atoms with Gasteiger partial charge in [-0.25, -0.2) is 0 Å². The third-order valence-corrected chi connectivity index (χ3v) is 1.96. The lowest BCUT2D eigenvalue weighted by atomic mass is 9.89. The molecule has 0 spiro atoms. The summed E-state index contributed by atoms with van der Waals surface area (Å²) in [5.41, 5.74) is 5.42. The van der Waals surface area contributed by atoms with Gasteiger partial charge in [0, 0.05) is 5.54 Å². The van der Waals surface area contributed by atoms with E-state index in [0.29, 0.717) is 5.92 Å². The molecule has 11 heavy (non-hydrogen) atoms. The highest BCUT2D eigenvalue weighted by Crippen LogP contribution is 2.17. The predicted molar refractivity (Wildman–Crippen MR) is 48.4 cm³/mol. The predicted octanol–water partition coefficient (Wildman–Crippen LogP) is 1.52. The van der Waals surface area contributed by atoms with Gasteiger partial charge in [-0.2, -0.15) is 0 Å². The molecule has 0 aliphatic rings. The Morgan fingerprint density at radius 1 is 1.55 bits per heavy atom. The first kappa shape index (κ1) is 10.9. The minimum Gasteiger partial charge on any atom is -0.394 e. The number of aliphatic hydroxyl groups excluding tert-OH is 1. The van der Waals surface area contributed by atoms with Crippen molar-refractivity contribution < 1.29 is 5.11 Å². The Balaban J connectivity index is 3.64. The van der Waals surface area contributed by atoms with Gasteiger partial charge in [-0.05, 0) is 19.3 Å². The molecule has 0 aromatic heterocycles. The van der Waals surface area contributed by atoms with E-state index < -0.39 is 0 Å². The van der Waals surface area contributed by atoms with Crippen molar-refractivity contribution in [1.82, 2.24) is 0 Å². The standard InChI is InChI=1S/C9H21NO/c1-4-5-8(2)6-9(3,10)7-11/h8,11H,4-7,10H2,1-3H3. The maximum absolute atomic E-state index is 8.89. The van der Waals surface area contributed by atoms with Crippen molar-refractivity contribution in [3.8, 4) is 0 Å². The van der Waals surface area contributed by atoms with E-state index in [0.717, 1.165) is 6.42 Å². The summed E-state index contributed by atoms with van der Waals surface area (Å²) >= 11 is 0. The highest BCUT2D eigenvalue weighted by Gasteiger charge is 2.19. The molecule has 2 unspecified atom stereocenters. The summed E-state index contributed by atoms with van der Waals surface area (Å²) in [7, 11) is 0. The van der Waals surface area contributed by atoms with Crippen LogP contribution in [0.25, 0.3) is 0 Å². The van der Waals surface area contributed by atoms with Crippen molar-refractivity contribution in [3.05, 3.63) is 0 Å². The van der Waals surface area contributed by atoms with Crippen LogP contribution < -0.4 is 5.73 Å². The largest absolute Gasteiger partial charge is 0.394 e. The summed E-state index contributed by atoms with van der Waals surface area (Å²) in [6, 6.07) is 0.